The Labute approximate surface area is 101 Å². The van der Waals surface area contributed by atoms with Gasteiger partial charge in [-0.3, -0.25) is 0 Å². The highest BCUT2D eigenvalue weighted by Gasteiger charge is 2.29. The minimum Gasteiger partial charge on any atom is -0.381 e. The number of methoxy groups -OCH3 is 1. The van der Waals surface area contributed by atoms with Crippen LogP contribution >= 0.6 is 11.3 Å². The number of hydrogen-bond donors (Lipinski definition) is 1. The van der Waals surface area contributed by atoms with Crippen molar-refractivity contribution in [2.45, 2.75) is 44.8 Å². The van der Waals surface area contributed by atoms with E-state index in [1.165, 1.54) is 28.4 Å². The van der Waals surface area contributed by atoms with E-state index in [-0.39, 0.29) is 6.10 Å². The lowest BCUT2D eigenvalue weighted by molar-refractivity contribution is 0.118. The maximum atomic E-state index is 5.29. The molecule has 3 nitrogen and oxygen atoms in total. The van der Waals surface area contributed by atoms with Crippen LogP contribution < -0.4 is 5.32 Å². The number of ether oxygens (including phenoxy) is 1. The molecule has 0 bridgehead atoms. The maximum absolute atomic E-state index is 5.29. The molecular formula is C12H20N2OS. The molecule has 1 aliphatic carbocycles. The van der Waals surface area contributed by atoms with Crippen LogP contribution in [0.2, 0.25) is 0 Å². The fourth-order valence-electron chi connectivity index (χ4n) is 1.79. The molecule has 1 N–H and O–H groups in total. The molecule has 90 valence electrons. The average molecular weight is 240 g/mol. The molecule has 4 heteroatoms. The van der Waals surface area contributed by atoms with E-state index in [1.54, 1.807) is 7.11 Å². The molecule has 1 heterocycles. The van der Waals surface area contributed by atoms with Crippen molar-refractivity contribution in [3.8, 4) is 0 Å². The van der Waals surface area contributed by atoms with Gasteiger partial charge in [-0.15, -0.1) is 11.3 Å². The number of nitrogens with one attached hydrogen (secondary N) is 1. The Morgan fingerprint density at radius 1 is 1.56 bits per heavy atom. The van der Waals surface area contributed by atoms with Crippen molar-refractivity contribution in [2.24, 2.45) is 0 Å². The summed E-state index contributed by atoms with van der Waals surface area (Å²) in [7, 11) is 3.75. The second-order valence-electron chi connectivity index (χ2n) is 4.47. The normalized spacial score (nSPS) is 17.7. The first kappa shape index (κ1) is 12.0. The van der Waals surface area contributed by atoms with Gasteiger partial charge in [0.25, 0.3) is 0 Å². The smallest absolute Gasteiger partial charge is 0.0957 e. The summed E-state index contributed by atoms with van der Waals surface area (Å²) in [6, 6.07) is 0. The summed E-state index contributed by atoms with van der Waals surface area (Å²) >= 11 is 1.84. The fraction of sp³-hybridized carbons (Fsp3) is 0.750. The van der Waals surface area contributed by atoms with Gasteiger partial charge in [0.2, 0.25) is 0 Å². The van der Waals surface area contributed by atoms with Crippen LogP contribution in [0.25, 0.3) is 0 Å². The molecule has 0 radical (unpaired) electrons. The predicted octanol–water partition coefficient (Wildman–Crippen LogP) is 2.32. The van der Waals surface area contributed by atoms with Crippen LogP contribution in [0.15, 0.2) is 0 Å². The van der Waals surface area contributed by atoms with E-state index in [0.717, 1.165) is 18.9 Å². The number of hydrogen-bond acceptors (Lipinski definition) is 4. The SMILES string of the molecule is CNCc1sc(CC(C)OC)nc1C1CC1. The molecule has 1 aliphatic rings. The zero-order chi connectivity index (χ0) is 11.5. The van der Waals surface area contributed by atoms with Crippen molar-refractivity contribution >= 4 is 11.3 Å². The molecule has 1 aromatic heterocycles. The predicted molar refractivity (Wildman–Crippen MR) is 67.0 cm³/mol. The summed E-state index contributed by atoms with van der Waals surface area (Å²) in [4.78, 5) is 6.20. The third kappa shape index (κ3) is 2.81. The summed E-state index contributed by atoms with van der Waals surface area (Å²) in [6.07, 6.45) is 3.84. The lowest BCUT2D eigenvalue weighted by Gasteiger charge is -2.05. The van der Waals surface area contributed by atoms with Crippen LogP contribution in [-0.2, 0) is 17.7 Å². The Hall–Kier alpha value is -0.450. The van der Waals surface area contributed by atoms with Gasteiger partial charge < -0.3 is 10.1 Å². The molecule has 1 aromatic rings. The van der Waals surface area contributed by atoms with Crippen LogP contribution in [0.5, 0.6) is 0 Å². The molecule has 1 saturated carbocycles. The first-order valence-corrected chi connectivity index (χ1v) is 6.72. The molecule has 0 spiro atoms. The number of aromatic nitrogens is 1. The fourth-order valence-corrected chi connectivity index (χ4v) is 3.07. The highest BCUT2D eigenvalue weighted by Crippen LogP contribution is 2.42. The Morgan fingerprint density at radius 2 is 2.31 bits per heavy atom. The minimum atomic E-state index is 0.264. The van der Waals surface area contributed by atoms with Gasteiger partial charge in [0.05, 0.1) is 16.8 Å². The van der Waals surface area contributed by atoms with Gasteiger partial charge in [0.1, 0.15) is 0 Å². The van der Waals surface area contributed by atoms with E-state index >= 15 is 0 Å². The number of thiazole rings is 1. The molecule has 16 heavy (non-hydrogen) atoms. The van der Waals surface area contributed by atoms with Gasteiger partial charge in [-0.2, -0.15) is 0 Å². The number of nitrogens with zero attached hydrogens (tertiary/aromatic N) is 1. The molecular weight excluding hydrogens is 220 g/mol. The monoisotopic (exact) mass is 240 g/mol. The van der Waals surface area contributed by atoms with Crippen LogP contribution in [0.1, 0.15) is 41.3 Å². The van der Waals surface area contributed by atoms with Crippen molar-refractivity contribution in [2.75, 3.05) is 14.2 Å². The summed E-state index contributed by atoms with van der Waals surface area (Å²) < 4.78 is 5.29. The maximum Gasteiger partial charge on any atom is 0.0957 e. The topological polar surface area (TPSA) is 34.1 Å². The van der Waals surface area contributed by atoms with Crippen LogP contribution in [0, 0.1) is 0 Å². The summed E-state index contributed by atoms with van der Waals surface area (Å²) in [5.41, 5.74) is 1.35. The summed E-state index contributed by atoms with van der Waals surface area (Å²) in [5, 5.41) is 4.45. The highest BCUT2D eigenvalue weighted by atomic mass is 32.1. The molecule has 1 atom stereocenters. The zero-order valence-corrected chi connectivity index (χ0v) is 11.1. The summed E-state index contributed by atoms with van der Waals surface area (Å²) in [6.45, 7) is 3.04. The standard InChI is InChI=1S/C12H20N2OS/c1-8(15-3)6-11-14-12(9-4-5-9)10(16-11)7-13-2/h8-9,13H,4-7H2,1-3H3. The first-order chi connectivity index (χ1) is 7.74. The van der Waals surface area contributed by atoms with E-state index in [2.05, 4.69) is 12.2 Å². The second kappa shape index (κ2) is 5.25. The molecule has 2 rings (SSSR count). The largest absolute Gasteiger partial charge is 0.381 e. The zero-order valence-electron chi connectivity index (χ0n) is 10.2. The molecule has 1 unspecified atom stereocenters. The van der Waals surface area contributed by atoms with Crippen LogP contribution in [0.3, 0.4) is 0 Å². The first-order valence-electron chi connectivity index (χ1n) is 5.90. The van der Waals surface area contributed by atoms with E-state index < -0.39 is 0 Å². The Morgan fingerprint density at radius 3 is 2.88 bits per heavy atom. The molecule has 0 amide bonds. The van der Waals surface area contributed by atoms with Gasteiger partial charge in [-0.1, -0.05) is 0 Å². The van der Waals surface area contributed by atoms with E-state index in [4.69, 9.17) is 9.72 Å². The lowest BCUT2D eigenvalue weighted by atomic mass is 10.2. The van der Waals surface area contributed by atoms with Crippen molar-refractivity contribution in [3.63, 3.8) is 0 Å². The van der Waals surface area contributed by atoms with E-state index in [0.29, 0.717) is 0 Å². The van der Waals surface area contributed by atoms with Crippen LogP contribution in [0.4, 0.5) is 0 Å². The van der Waals surface area contributed by atoms with Crippen LogP contribution in [-0.4, -0.2) is 25.2 Å². The third-order valence-electron chi connectivity index (χ3n) is 2.94. The third-order valence-corrected chi connectivity index (χ3v) is 4.03. The van der Waals surface area contributed by atoms with Gasteiger partial charge in [-0.05, 0) is 26.8 Å². The van der Waals surface area contributed by atoms with Gasteiger partial charge in [0, 0.05) is 30.9 Å². The quantitative estimate of drug-likeness (QED) is 0.828. The molecule has 0 aromatic carbocycles. The number of rotatable bonds is 6. The van der Waals surface area contributed by atoms with Gasteiger partial charge in [0.15, 0.2) is 0 Å². The average Bonchev–Trinajstić information content (AvgIpc) is 3.03. The minimum absolute atomic E-state index is 0.264. The van der Waals surface area contributed by atoms with Gasteiger partial charge in [-0.25, -0.2) is 4.98 Å². The summed E-state index contributed by atoms with van der Waals surface area (Å²) in [5.74, 6) is 0.742. The second-order valence-corrected chi connectivity index (χ2v) is 5.64. The van der Waals surface area contributed by atoms with Gasteiger partial charge >= 0.3 is 0 Å². The van der Waals surface area contributed by atoms with Crippen molar-refractivity contribution < 1.29 is 4.74 Å². The Kier molecular flexibility index (Phi) is 3.95. The Bertz CT molecular complexity index is 347. The van der Waals surface area contributed by atoms with E-state index in [9.17, 15) is 0 Å². The highest BCUT2D eigenvalue weighted by molar-refractivity contribution is 7.11. The molecule has 0 saturated heterocycles. The van der Waals surface area contributed by atoms with E-state index in [1.807, 2.05) is 18.4 Å². The van der Waals surface area contributed by atoms with Crippen molar-refractivity contribution in [1.29, 1.82) is 0 Å². The van der Waals surface area contributed by atoms with Crippen molar-refractivity contribution in [3.05, 3.63) is 15.6 Å². The molecule has 0 aliphatic heterocycles. The molecule has 1 fully saturated rings. The lowest BCUT2D eigenvalue weighted by Crippen LogP contribution is -2.08. The van der Waals surface area contributed by atoms with Crippen molar-refractivity contribution in [1.82, 2.24) is 10.3 Å². The Balaban J connectivity index is 2.10.